The van der Waals surface area contributed by atoms with E-state index in [4.69, 9.17) is 23.2 Å². The van der Waals surface area contributed by atoms with Gasteiger partial charge in [0.05, 0.1) is 21.2 Å². The van der Waals surface area contributed by atoms with Crippen LogP contribution in [0.15, 0.2) is 12.1 Å². The highest BCUT2D eigenvalue weighted by Gasteiger charge is 2.37. The second kappa shape index (κ2) is 8.03. The molecule has 0 spiro atoms. The van der Waals surface area contributed by atoms with Crippen molar-refractivity contribution in [3.05, 3.63) is 33.3 Å². The first kappa shape index (κ1) is 19.7. The molecule has 28 heavy (non-hydrogen) atoms. The summed E-state index contributed by atoms with van der Waals surface area (Å²) in [5.41, 5.74) is 0.568. The smallest absolute Gasteiger partial charge is 0.261 e. The molecule has 2 unspecified atom stereocenters. The standard InChI is InChI=1S/C21H24Cl2N2O3/c22-16-11-14-15(12-17(16)23)21(28)25(20(14)27)10-4-8-19(26)24-9-3-6-13-5-1-2-7-18(13)24/h11-13,18H,1-10H2. The average molecular weight is 423 g/mol. The Balaban J connectivity index is 1.36. The number of benzene rings is 1. The molecule has 2 fully saturated rings. The molecule has 0 aromatic heterocycles. The minimum Gasteiger partial charge on any atom is -0.339 e. The number of rotatable bonds is 4. The van der Waals surface area contributed by atoms with Crippen molar-refractivity contribution in [2.24, 2.45) is 5.92 Å². The quantitative estimate of drug-likeness (QED) is 0.668. The predicted molar refractivity (Wildman–Crippen MR) is 108 cm³/mol. The fraction of sp³-hybridized carbons (Fsp3) is 0.571. The lowest BCUT2D eigenvalue weighted by atomic mass is 9.78. The van der Waals surface area contributed by atoms with Crippen LogP contribution in [0.1, 0.15) is 72.1 Å². The Bertz CT molecular complexity index is 783. The molecule has 1 aromatic rings. The number of nitrogens with zero attached hydrogens (tertiary/aromatic N) is 2. The van der Waals surface area contributed by atoms with Gasteiger partial charge in [-0.15, -0.1) is 0 Å². The third-order valence-electron chi connectivity index (χ3n) is 6.35. The van der Waals surface area contributed by atoms with Crippen LogP contribution >= 0.6 is 23.2 Å². The van der Waals surface area contributed by atoms with Crippen molar-refractivity contribution in [1.29, 1.82) is 0 Å². The largest absolute Gasteiger partial charge is 0.339 e. The van der Waals surface area contributed by atoms with E-state index in [0.717, 1.165) is 19.4 Å². The molecule has 2 aliphatic heterocycles. The van der Waals surface area contributed by atoms with E-state index in [9.17, 15) is 14.4 Å². The second-order valence-corrected chi connectivity index (χ2v) is 8.83. The molecule has 150 valence electrons. The van der Waals surface area contributed by atoms with Crippen molar-refractivity contribution in [2.45, 2.75) is 57.4 Å². The second-order valence-electron chi connectivity index (χ2n) is 8.02. The minimum atomic E-state index is -0.365. The first-order valence-corrected chi connectivity index (χ1v) is 10.9. The zero-order chi connectivity index (χ0) is 19.8. The Hall–Kier alpha value is -1.59. The van der Waals surface area contributed by atoms with Crippen molar-refractivity contribution in [3.8, 4) is 0 Å². The highest BCUT2D eigenvalue weighted by atomic mass is 35.5. The minimum absolute atomic E-state index is 0.152. The molecule has 1 aromatic carbocycles. The molecule has 7 heteroatoms. The van der Waals surface area contributed by atoms with E-state index < -0.39 is 0 Å². The van der Waals surface area contributed by atoms with Gasteiger partial charge >= 0.3 is 0 Å². The van der Waals surface area contributed by atoms with Gasteiger partial charge in [0.25, 0.3) is 11.8 Å². The van der Waals surface area contributed by atoms with Gasteiger partial charge in [-0.1, -0.05) is 36.0 Å². The molecule has 3 aliphatic rings. The topological polar surface area (TPSA) is 57.7 Å². The average Bonchev–Trinajstić information content (AvgIpc) is 2.92. The van der Waals surface area contributed by atoms with Crippen LogP contribution in [0.5, 0.6) is 0 Å². The van der Waals surface area contributed by atoms with Gasteiger partial charge in [-0.2, -0.15) is 0 Å². The van der Waals surface area contributed by atoms with Gasteiger partial charge in [-0.3, -0.25) is 19.3 Å². The van der Waals surface area contributed by atoms with Gasteiger partial charge in [0.1, 0.15) is 0 Å². The SMILES string of the molecule is O=C1c2cc(Cl)c(Cl)cc2C(=O)N1CCCC(=O)N1CCCC2CCCCC21. The monoisotopic (exact) mass is 422 g/mol. The maximum Gasteiger partial charge on any atom is 0.261 e. The summed E-state index contributed by atoms with van der Waals surface area (Å²) < 4.78 is 0. The lowest BCUT2D eigenvalue weighted by molar-refractivity contribution is -0.137. The van der Waals surface area contributed by atoms with E-state index >= 15 is 0 Å². The summed E-state index contributed by atoms with van der Waals surface area (Å²) in [5, 5.41) is 0.511. The Morgan fingerprint density at radius 2 is 1.57 bits per heavy atom. The Labute approximate surface area is 174 Å². The summed E-state index contributed by atoms with van der Waals surface area (Å²) in [6.07, 6.45) is 7.95. The van der Waals surface area contributed by atoms with Gasteiger partial charge in [0.15, 0.2) is 0 Å². The molecular weight excluding hydrogens is 399 g/mol. The number of hydrogen-bond acceptors (Lipinski definition) is 3. The Morgan fingerprint density at radius 3 is 2.25 bits per heavy atom. The van der Waals surface area contributed by atoms with Gasteiger partial charge in [0, 0.05) is 25.6 Å². The summed E-state index contributed by atoms with van der Waals surface area (Å²) in [4.78, 5) is 41.2. The van der Waals surface area contributed by atoms with Crippen molar-refractivity contribution >= 4 is 40.9 Å². The summed E-state index contributed by atoms with van der Waals surface area (Å²) in [7, 11) is 0. The third-order valence-corrected chi connectivity index (χ3v) is 7.07. The fourth-order valence-corrected chi connectivity index (χ4v) is 5.28. The van der Waals surface area contributed by atoms with E-state index in [0.29, 0.717) is 24.8 Å². The van der Waals surface area contributed by atoms with E-state index in [1.807, 2.05) is 0 Å². The van der Waals surface area contributed by atoms with Crippen LogP contribution in [0, 0.1) is 5.92 Å². The van der Waals surface area contributed by atoms with Crippen molar-refractivity contribution < 1.29 is 14.4 Å². The highest BCUT2D eigenvalue weighted by Crippen LogP contribution is 2.36. The number of amides is 3. The van der Waals surface area contributed by atoms with Crippen molar-refractivity contribution in [2.75, 3.05) is 13.1 Å². The molecule has 1 aliphatic carbocycles. The third kappa shape index (κ3) is 3.55. The van der Waals surface area contributed by atoms with Gasteiger partial charge in [-0.05, 0) is 50.2 Å². The molecule has 1 saturated carbocycles. The summed E-state index contributed by atoms with van der Waals surface area (Å²) in [5.74, 6) is 0.0733. The Kier molecular flexibility index (Phi) is 5.66. The number of carbonyl (C=O) groups is 3. The molecule has 3 amide bonds. The van der Waals surface area contributed by atoms with E-state index in [2.05, 4.69) is 4.90 Å². The zero-order valence-electron chi connectivity index (χ0n) is 15.8. The number of carbonyl (C=O) groups excluding carboxylic acids is 3. The molecule has 2 atom stereocenters. The molecule has 0 bridgehead atoms. The maximum absolute atomic E-state index is 12.8. The molecule has 4 rings (SSSR count). The number of likely N-dealkylation sites (tertiary alicyclic amines) is 1. The van der Waals surface area contributed by atoms with Crippen LogP contribution in [-0.4, -0.2) is 46.7 Å². The lowest BCUT2D eigenvalue weighted by Crippen LogP contribution is -2.49. The summed E-state index contributed by atoms with van der Waals surface area (Å²) in [6, 6.07) is 3.28. The van der Waals surface area contributed by atoms with E-state index in [-0.39, 0.29) is 45.4 Å². The van der Waals surface area contributed by atoms with Crippen molar-refractivity contribution in [1.82, 2.24) is 9.80 Å². The maximum atomic E-state index is 12.8. The normalized spacial score (nSPS) is 24.4. The lowest BCUT2D eigenvalue weighted by Gasteiger charge is -2.44. The van der Waals surface area contributed by atoms with Crippen LogP contribution in [0.25, 0.3) is 0 Å². The van der Waals surface area contributed by atoms with Gasteiger partial charge < -0.3 is 4.90 Å². The van der Waals surface area contributed by atoms with Crippen LogP contribution in [-0.2, 0) is 4.79 Å². The fourth-order valence-electron chi connectivity index (χ4n) is 4.95. The zero-order valence-corrected chi connectivity index (χ0v) is 17.3. The number of fused-ring (bicyclic) bond motifs is 2. The van der Waals surface area contributed by atoms with E-state index in [1.54, 1.807) is 0 Å². The molecular formula is C21H24Cl2N2O3. The van der Waals surface area contributed by atoms with E-state index in [1.165, 1.54) is 42.7 Å². The summed E-state index contributed by atoms with van der Waals surface area (Å²) in [6.45, 7) is 1.07. The Morgan fingerprint density at radius 1 is 0.964 bits per heavy atom. The highest BCUT2D eigenvalue weighted by molar-refractivity contribution is 6.43. The molecule has 0 N–H and O–H groups in total. The van der Waals surface area contributed by atoms with Crippen molar-refractivity contribution in [3.63, 3.8) is 0 Å². The number of imide groups is 1. The van der Waals surface area contributed by atoms with Crippen LogP contribution in [0.2, 0.25) is 10.0 Å². The van der Waals surface area contributed by atoms with Crippen LogP contribution in [0.3, 0.4) is 0 Å². The number of piperidine rings is 1. The van der Waals surface area contributed by atoms with Crippen LogP contribution < -0.4 is 0 Å². The van der Waals surface area contributed by atoms with Gasteiger partial charge in [0.2, 0.25) is 5.91 Å². The molecule has 1 saturated heterocycles. The summed E-state index contributed by atoms with van der Waals surface area (Å²) >= 11 is 12.0. The molecule has 0 radical (unpaired) electrons. The molecule has 2 heterocycles. The predicted octanol–water partition coefficient (Wildman–Crippen LogP) is 4.55. The molecule has 5 nitrogen and oxygen atoms in total. The first-order chi connectivity index (χ1) is 13.5. The number of hydrogen-bond donors (Lipinski definition) is 0. The van der Waals surface area contributed by atoms with Gasteiger partial charge in [-0.25, -0.2) is 0 Å². The first-order valence-electron chi connectivity index (χ1n) is 10.1. The van der Waals surface area contributed by atoms with Crippen LogP contribution in [0.4, 0.5) is 0 Å². The number of halogens is 2.